The van der Waals surface area contributed by atoms with Crippen molar-refractivity contribution in [3.8, 4) is 0 Å². The number of nitrogens with zero attached hydrogens (tertiary/aromatic N) is 4. The van der Waals surface area contributed by atoms with Gasteiger partial charge < -0.3 is 20.4 Å². The van der Waals surface area contributed by atoms with Gasteiger partial charge in [-0.15, -0.1) is 0 Å². The predicted molar refractivity (Wildman–Crippen MR) is 148 cm³/mol. The number of halogens is 1. The van der Waals surface area contributed by atoms with Gasteiger partial charge in [0.2, 0.25) is 16.0 Å². The SMILES string of the molecule is Cc1cnc(Nc2cc(F)cc(N3CCN(C)CC3)c2)nc1Nc1cccc(NS(=O)(=O)C(C)(C)C)c1. The van der Waals surface area contributed by atoms with Crippen molar-refractivity contribution in [2.45, 2.75) is 32.4 Å². The Kier molecular flexibility index (Phi) is 7.56. The second-order valence-corrected chi connectivity index (χ2v) is 12.7. The van der Waals surface area contributed by atoms with E-state index in [0.29, 0.717) is 28.8 Å². The van der Waals surface area contributed by atoms with Crippen LogP contribution < -0.4 is 20.3 Å². The van der Waals surface area contributed by atoms with Crippen LogP contribution in [0.1, 0.15) is 26.3 Å². The van der Waals surface area contributed by atoms with E-state index in [9.17, 15) is 12.8 Å². The van der Waals surface area contributed by atoms with Gasteiger partial charge in [0, 0.05) is 55.0 Å². The Morgan fingerprint density at radius 3 is 2.35 bits per heavy atom. The number of likely N-dealkylation sites (N-methyl/N-ethyl adjacent to an activating group) is 1. The molecule has 0 amide bonds. The van der Waals surface area contributed by atoms with Crippen molar-refractivity contribution < 1.29 is 12.8 Å². The second kappa shape index (κ2) is 10.5. The number of nitrogens with one attached hydrogen (secondary N) is 3. The summed E-state index contributed by atoms with van der Waals surface area (Å²) in [5, 5.41) is 6.34. The minimum Gasteiger partial charge on any atom is -0.369 e. The highest BCUT2D eigenvalue weighted by Gasteiger charge is 2.28. The number of hydrogen-bond donors (Lipinski definition) is 3. The molecule has 0 spiro atoms. The summed E-state index contributed by atoms with van der Waals surface area (Å²) in [6, 6.07) is 11.8. The fourth-order valence-electron chi connectivity index (χ4n) is 3.76. The largest absolute Gasteiger partial charge is 0.369 e. The van der Waals surface area contributed by atoms with Gasteiger partial charge in [-0.3, -0.25) is 4.72 Å². The molecule has 0 aliphatic carbocycles. The molecule has 1 aliphatic heterocycles. The molecule has 0 unspecified atom stereocenters. The van der Waals surface area contributed by atoms with Crippen molar-refractivity contribution in [3.63, 3.8) is 0 Å². The molecule has 3 N–H and O–H groups in total. The summed E-state index contributed by atoms with van der Waals surface area (Å²) in [7, 11) is -1.48. The van der Waals surface area contributed by atoms with Gasteiger partial charge in [-0.2, -0.15) is 4.98 Å². The molecule has 9 nitrogen and oxygen atoms in total. The van der Waals surface area contributed by atoms with Crippen LogP contribution in [0.3, 0.4) is 0 Å². The van der Waals surface area contributed by atoms with Crippen LogP contribution in [0.2, 0.25) is 0 Å². The molecule has 198 valence electrons. The quantitative estimate of drug-likeness (QED) is 0.406. The number of benzene rings is 2. The lowest BCUT2D eigenvalue weighted by molar-refractivity contribution is 0.313. The predicted octanol–water partition coefficient (Wildman–Crippen LogP) is 4.70. The van der Waals surface area contributed by atoms with E-state index in [0.717, 1.165) is 37.4 Å². The standard InChI is InChI=1S/C26H34FN7O2S/c1-18-17-28-25(30-22-13-19(27)14-23(16-22)34-11-9-33(5)10-12-34)31-24(18)29-20-7-6-8-21(15-20)32-37(35,36)26(2,3)4/h6-8,13-17,32H,9-12H2,1-5H3,(H2,28,29,30,31). The molecular weight excluding hydrogens is 493 g/mol. The third-order valence-electron chi connectivity index (χ3n) is 6.16. The van der Waals surface area contributed by atoms with Gasteiger partial charge in [-0.25, -0.2) is 17.8 Å². The van der Waals surface area contributed by atoms with Crippen LogP contribution in [0.4, 0.5) is 38.9 Å². The van der Waals surface area contributed by atoms with E-state index in [-0.39, 0.29) is 5.82 Å². The summed E-state index contributed by atoms with van der Waals surface area (Å²) in [5.74, 6) is 0.524. The Balaban J connectivity index is 1.52. The first-order valence-corrected chi connectivity index (χ1v) is 13.6. The van der Waals surface area contributed by atoms with E-state index in [4.69, 9.17) is 0 Å². The highest BCUT2D eigenvalue weighted by Crippen LogP contribution is 2.27. The molecular formula is C26H34FN7O2S. The minimum atomic E-state index is -3.56. The van der Waals surface area contributed by atoms with Gasteiger partial charge in [0.25, 0.3) is 0 Å². The van der Waals surface area contributed by atoms with E-state index < -0.39 is 14.8 Å². The normalized spacial score (nSPS) is 14.9. The van der Waals surface area contributed by atoms with E-state index in [2.05, 4.69) is 42.2 Å². The molecule has 1 aromatic heterocycles. The highest BCUT2D eigenvalue weighted by atomic mass is 32.2. The number of aryl methyl sites for hydroxylation is 1. The van der Waals surface area contributed by atoms with E-state index in [1.165, 1.54) is 6.07 Å². The third-order valence-corrected chi connectivity index (χ3v) is 8.28. The van der Waals surface area contributed by atoms with Gasteiger partial charge in [-0.1, -0.05) is 6.07 Å². The Morgan fingerprint density at radius 2 is 1.65 bits per heavy atom. The van der Waals surface area contributed by atoms with Crippen molar-refractivity contribution in [3.05, 3.63) is 60.0 Å². The number of rotatable bonds is 7. The van der Waals surface area contributed by atoms with Gasteiger partial charge in [0.05, 0.1) is 10.4 Å². The maximum atomic E-state index is 14.4. The van der Waals surface area contributed by atoms with Gasteiger partial charge in [0.1, 0.15) is 11.6 Å². The molecule has 1 saturated heterocycles. The Morgan fingerprint density at radius 1 is 0.946 bits per heavy atom. The Hall–Kier alpha value is -3.44. The molecule has 0 radical (unpaired) electrons. The molecule has 1 aliphatic rings. The zero-order valence-corrected chi connectivity index (χ0v) is 22.7. The first-order valence-electron chi connectivity index (χ1n) is 12.1. The van der Waals surface area contributed by atoms with Crippen molar-refractivity contribution >= 4 is 44.5 Å². The molecule has 0 bridgehead atoms. The Bertz CT molecular complexity index is 1370. The zero-order valence-electron chi connectivity index (χ0n) is 21.8. The maximum Gasteiger partial charge on any atom is 0.237 e. The summed E-state index contributed by atoms with van der Waals surface area (Å²) < 4.78 is 41.2. The summed E-state index contributed by atoms with van der Waals surface area (Å²) in [5.41, 5.74) is 3.27. The van der Waals surface area contributed by atoms with Crippen LogP contribution in [0, 0.1) is 12.7 Å². The van der Waals surface area contributed by atoms with Gasteiger partial charge in [-0.05, 0) is 71.1 Å². The average Bonchev–Trinajstić information content (AvgIpc) is 2.80. The molecule has 0 atom stereocenters. The van der Waals surface area contributed by atoms with Gasteiger partial charge in [0.15, 0.2) is 0 Å². The number of hydrogen-bond acceptors (Lipinski definition) is 8. The van der Waals surface area contributed by atoms with Crippen molar-refractivity contribution in [1.82, 2.24) is 14.9 Å². The maximum absolute atomic E-state index is 14.4. The monoisotopic (exact) mass is 527 g/mol. The number of aromatic nitrogens is 2. The average molecular weight is 528 g/mol. The fraction of sp³-hybridized carbons (Fsp3) is 0.385. The van der Waals surface area contributed by atoms with Crippen LogP contribution in [0.25, 0.3) is 0 Å². The molecule has 0 saturated carbocycles. The van der Waals surface area contributed by atoms with E-state index >= 15 is 0 Å². The van der Waals surface area contributed by atoms with Gasteiger partial charge >= 0.3 is 0 Å². The van der Waals surface area contributed by atoms with Crippen molar-refractivity contribution in [2.24, 2.45) is 0 Å². The molecule has 2 heterocycles. The summed E-state index contributed by atoms with van der Waals surface area (Å²) in [6.45, 7) is 10.3. The van der Waals surface area contributed by atoms with E-state index in [1.54, 1.807) is 51.2 Å². The second-order valence-electron chi connectivity index (χ2n) is 10.3. The molecule has 2 aromatic carbocycles. The first-order chi connectivity index (χ1) is 17.4. The minimum absolute atomic E-state index is 0.313. The molecule has 37 heavy (non-hydrogen) atoms. The Labute approximate surface area is 218 Å². The van der Waals surface area contributed by atoms with Crippen molar-refractivity contribution in [1.29, 1.82) is 0 Å². The van der Waals surface area contributed by atoms with Crippen LogP contribution in [-0.4, -0.2) is 61.3 Å². The zero-order chi connectivity index (χ0) is 26.8. The number of piperazine rings is 1. The van der Waals surface area contributed by atoms with Crippen LogP contribution in [0.5, 0.6) is 0 Å². The first kappa shape index (κ1) is 26.6. The summed E-state index contributed by atoms with van der Waals surface area (Å²) in [4.78, 5) is 13.3. The molecule has 1 fully saturated rings. The van der Waals surface area contributed by atoms with Crippen LogP contribution in [-0.2, 0) is 10.0 Å². The number of anilines is 6. The summed E-state index contributed by atoms with van der Waals surface area (Å²) >= 11 is 0. The third kappa shape index (κ3) is 6.66. The van der Waals surface area contributed by atoms with Crippen LogP contribution in [0.15, 0.2) is 48.7 Å². The fourth-order valence-corrected chi connectivity index (χ4v) is 4.50. The lowest BCUT2D eigenvalue weighted by Crippen LogP contribution is -2.44. The van der Waals surface area contributed by atoms with Crippen LogP contribution >= 0.6 is 0 Å². The topological polar surface area (TPSA) is 102 Å². The lowest BCUT2D eigenvalue weighted by Gasteiger charge is -2.34. The number of sulfonamides is 1. The lowest BCUT2D eigenvalue weighted by atomic mass is 10.2. The molecule has 3 aromatic rings. The molecule has 11 heteroatoms. The smallest absolute Gasteiger partial charge is 0.237 e. The highest BCUT2D eigenvalue weighted by molar-refractivity contribution is 7.94. The van der Waals surface area contributed by atoms with Crippen molar-refractivity contribution in [2.75, 3.05) is 53.5 Å². The van der Waals surface area contributed by atoms with E-state index in [1.807, 2.05) is 19.1 Å². The molecule has 4 rings (SSSR count). The summed E-state index contributed by atoms with van der Waals surface area (Å²) in [6.07, 6.45) is 1.67.